The molecular formula is C21H21ClN2O4. The Balaban J connectivity index is 1.78. The first-order valence-corrected chi connectivity index (χ1v) is 9.83. The Morgan fingerprint density at radius 1 is 1.07 bits per heavy atom. The van der Waals surface area contributed by atoms with E-state index in [0.29, 0.717) is 34.8 Å². The third kappa shape index (κ3) is 3.33. The van der Waals surface area contributed by atoms with Gasteiger partial charge >= 0.3 is 0 Å². The molecule has 7 heteroatoms. The number of hydrogen-bond acceptors (Lipinski definition) is 5. The van der Waals surface area contributed by atoms with E-state index in [1.54, 1.807) is 18.2 Å². The zero-order valence-corrected chi connectivity index (χ0v) is 16.1. The maximum absolute atomic E-state index is 12.8. The van der Waals surface area contributed by atoms with Gasteiger partial charge in [-0.05, 0) is 43.4 Å². The van der Waals surface area contributed by atoms with Crippen molar-refractivity contribution < 1.29 is 19.1 Å². The standard InChI is InChI=1S/C21H21ClN2O4/c22-12-9-11(7-8-17(12)28-10-18(23)27)19-20-13(3-1-5-15(20)25)24-14-4-2-6-16(26)21(14)19/h7-9,19,24H,1-6,10H2,(H2,23,27). The summed E-state index contributed by atoms with van der Waals surface area (Å²) in [5.74, 6) is -0.507. The second-order valence-corrected chi connectivity index (χ2v) is 7.75. The van der Waals surface area contributed by atoms with Crippen LogP contribution in [0.2, 0.25) is 5.02 Å². The summed E-state index contributed by atoms with van der Waals surface area (Å²) >= 11 is 6.36. The van der Waals surface area contributed by atoms with Crippen LogP contribution in [0.4, 0.5) is 0 Å². The van der Waals surface area contributed by atoms with Gasteiger partial charge in [-0.3, -0.25) is 14.4 Å². The highest BCUT2D eigenvalue weighted by Gasteiger charge is 2.40. The van der Waals surface area contributed by atoms with Gasteiger partial charge in [0.1, 0.15) is 5.75 Å². The van der Waals surface area contributed by atoms with E-state index in [1.807, 2.05) is 0 Å². The zero-order chi connectivity index (χ0) is 19.8. The molecule has 0 spiro atoms. The van der Waals surface area contributed by atoms with Crippen molar-refractivity contribution in [2.24, 2.45) is 5.73 Å². The second kappa shape index (κ2) is 7.43. The summed E-state index contributed by atoms with van der Waals surface area (Å²) in [4.78, 5) is 36.5. The molecule has 3 N–H and O–H groups in total. The Labute approximate surface area is 167 Å². The van der Waals surface area contributed by atoms with Gasteiger partial charge in [0, 0.05) is 41.3 Å². The molecule has 1 amide bonds. The van der Waals surface area contributed by atoms with Crippen molar-refractivity contribution in [2.45, 2.75) is 44.4 Å². The summed E-state index contributed by atoms with van der Waals surface area (Å²) in [6, 6.07) is 5.17. The van der Waals surface area contributed by atoms with Crippen LogP contribution in [0.5, 0.6) is 5.75 Å². The minimum atomic E-state index is -0.594. The van der Waals surface area contributed by atoms with E-state index in [1.165, 1.54) is 0 Å². The molecule has 28 heavy (non-hydrogen) atoms. The number of nitrogens with one attached hydrogen (secondary N) is 1. The van der Waals surface area contributed by atoms with Gasteiger partial charge in [-0.2, -0.15) is 0 Å². The van der Waals surface area contributed by atoms with E-state index in [4.69, 9.17) is 22.1 Å². The van der Waals surface area contributed by atoms with Crippen LogP contribution in [0, 0.1) is 0 Å². The van der Waals surface area contributed by atoms with E-state index >= 15 is 0 Å². The van der Waals surface area contributed by atoms with Crippen LogP contribution < -0.4 is 15.8 Å². The normalized spacial score (nSPS) is 19.9. The molecule has 146 valence electrons. The van der Waals surface area contributed by atoms with Crippen LogP contribution in [-0.4, -0.2) is 24.1 Å². The molecule has 2 aliphatic carbocycles. The Morgan fingerprint density at radius 3 is 2.21 bits per heavy atom. The van der Waals surface area contributed by atoms with Gasteiger partial charge in [-0.15, -0.1) is 0 Å². The van der Waals surface area contributed by atoms with Crippen molar-refractivity contribution in [1.29, 1.82) is 0 Å². The molecule has 0 saturated heterocycles. The Bertz CT molecular complexity index is 906. The first-order valence-electron chi connectivity index (χ1n) is 9.45. The predicted octanol–water partition coefficient (Wildman–Crippen LogP) is 2.91. The highest BCUT2D eigenvalue weighted by atomic mass is 35.5. The first kappa shape index (κ1) is 18.7. The fourth-order valence-corrected chi connectivity index (χ4v) is 4.52. The number of primary amides is 1. The maximum atomic E-state index is 12.8. The zero-order valence-electron chi connectivity index (χ0n) is 15.3. The largest absolute Gasteiger partial charge is 0.482 e. The van der Waals surface area contributed by atoms with E-state index in [9.17, 15) is 14.4 Å². The number of nitrogens with two attached hydrogens (primary N) is 1. The summed E-state index contributed by atoms with van der Waals surface area (Å²) in [7, 11) is 0. The molecule has 1 heterocycles. The number of halogens is 1. The number of benzene rings is 1. The fraction of sp³-hybridized carbons (Fsp3) is 0.381. The monoisotopic (exact) mass is 400 g/mol. The van der Waals surface area contributed by atoms with Crippen molar-refractivity contribution in [3.63, 3.8) is 0 Å². The highest BCUT2D eigenvalue weighted by Crippen LogP contribution is 2.46. The molecular weight excluding hydrogens is 380 g/mol. The third-order valence-electron chi connectivity index (χ3n) is 5.45. The minimum absolute atomic E-state index is 0.0776. The molecule has 1 aromatic rings. The number of hydrogen-bond donors (Lipinski definition) is 2. The van der Waals surface area contributed by atoms with Gasteiger partial charge in [0.2, 0.25) is 0 Å². The van der Waals surface area contributed by atoms with Crippen molar-refractivity contribution in [1.82, 2.24) is 5.32 Å². The molecule has 0 fully saturated rings. The lowest BCUT2D eigenvalue weighted by atomic mass is 9.71. The first-order chi connectivity index (χ1) is 13.5. The Hall–Kier alpha value is -2.60. The SMILES string of the molecule is NC(=O)COc1ccc(C2C3=C(CCCC3=O)NC3=C2C(=O)CCC3)cc1Cl. The van der Waals surface area contributed by atoms with Gasteiger partial charge in [-0.25, -0.2) is 0 Å². The molecule has 0 bridgehead atoms. The molecule has 6 nitrogen and oxygen atoms in total. The van der Waals surface area contributed by atoms with Gasteiger partial charge in [0.15, 0.2) is 18.2 Å². The lowest BCUT2D eigenvalue weighted by molar-refractivity contribution is -0.120. The van der Waals surface area contributed by atoms with E-state index < -0.39 is 11.8 Å². The molecule has 0 aromatic heterocycles. The number of ether oxygens (including phenoxy) is 1. The molecule has 1 aromatic carbocycles. The van der Waals surface area contributed by atoms with Crippen molar-refractivity contribution >= 4 is 29.1 Å². The van der Waals surface area contributed by atoms with Crippen LogP contribution in [0.3, 0.4) is 0 Å². The number of allylic oxidation sites excluding steroid dienone is 4. The highest BCUT2D eigenvalue weighted by molar-refractivity contribution is 6.32. The maximum Gasteiger partial charge on any atom is 0.255 e. The van der Waals surface area contributed by atoms with Crippen LogP contribution >= 0.6 is 11.6 Å². The van der Waals surface area contributed by atoms with Gasteiger partial charge in [-0.1, -0.05) is 17.7 Å². The summed E-state index contributed by atoms with van der Waals surface area (Å²) in [6.45, 7) is -0.270. The Kier molecular flexibility index (Phi) is 4.98. The van der Waals surface area contributed by atoms with Crippen LogP contribution in [-0.2, 0) is 14.4 Å². The molecule has 1 aliphatic heterocycles. The van der Waals surface area contributed by atoms with Crippen molar-refractivity contribution in [3.05, 3.63) is 51.3 Å². The fourth-order valence-electron chi connectivity index (χ4n) is 4.28. The second-order valence-electron chi connectivity index (χ2n) is 7.34. The van der Waals surface area contributed by atoms with E-state index in [-0.39, 0.29) is 18.2 Å². The number of carbonyl (C=O) groups is 3. The van der Waals surface area contributed by atoms with E-state index in [2.05, 4.69) is 5.32 Å². The van der Waals surface area contributed by atoms with Crippen LogP contribution in [0.15, 0.2) is 40.7 Å². The summed E-state index contributed by atoms with van der Waals surface area (Å²) in [5, 5.41) is 3.70. The minimum Gasteiger partial charge on any atom is -0.482 e. The summed E-state index contributed by atoms with van der Waals surface area (Å²) in [5.41, 5.74) is 9.12. The van der Waals surface area contributed by atoms with Crippen molar-refractivity contribution in [2.75, 3.05) is 6.61 Å². The molecule has 3 aliphatic rings. The van der Waals surface area contributed by atoms with Gasteiger partial charge < -0.3 is 15.8 Å². The molecule has 0 saturated carbocycles. The van der Waals surface area contributed by atoms with Gasteiger partial charge in [0.05, 0.1) is 5.02 Å². The molecule has 0 atom stereocenters. The van der Waals surface area contributed by atoms with Crippen LogP contribution in [0.1, 0.15) is 50.0 Å². The predicted molar refractivity (Wildman–Crippen MR) is 104 cm³/mol. The summed E-state index contributed by atoms with van der Waals surface area (Å²) in [6.07, 6.45) is 4.21. The quantitative estimate of drug-likeness (QED) is 0.809. The lowest BCUT2D eigenvalue weighted by Gasteiger charge is -2.37. The molecule has 0 unspecified atom stereocenters. The number of rotatable bonds is 4. The number of Topliss-reactive ketones (excluding diaryl/α,β-unsaturated/α-hetero) is 2. The number of ketones is 2. The average Bonchev–Trinajstić information content (AvgIpc) is 2.66. The smallest absolute Gasteiger partial charge is 0.255 e. The molecule has 4 rings (SSSR count). The summed E-state index contributed by atoms with van der Waals surface area (Å²) < 4.78 is 5.32. The van der Waals surface area contributed by atoms with Crippen LogP contribution in [0.25, 0.3) is 0 Å². The van der Waals surface area contributed by atoms with Crippen molar-refractivity contribution in [3.8, 4) is 5.75 Å². The number of amides is 1. The lowest BCUT2D eigenvalue weighted by Crippen LogP contribution is -2.36. The Morgan fingerprint density at radius 2 is 1.68 bits per heavy atom. The number of dihydropyridines is 1. The number of carbonyl (C=O) groups excluding carboxylic acids is 3. The molecule has 0 radical (unpaired) electrons. The van der Waals surface area contributed by atoms with Gasteiger partial charge in [0.25, 0.3) is 5.91 Å². The average molecular weight is 401 g/mol. The third-order valence-corrected chi connectivity index (χ3v) is 5.75. The van der Waals surface area contributed by atoms with E-state index in [0.717, 1.165) is 42.6 Å². The topological polar surface area (TPSA) is 98.5 Å².